The molecule has 1 saturated heterocycles. The highest BCUT2D eigenvalue weighted by atomic mass is 16.2. The molecule has 1 aliphatic heterocycles. The summed E-state index contributed by atoms with van der Waals surface area (Å²) in [6.07, 6.45) is 2.24. The van der Waals surface area contributed by atoms with Gasteiger partial charge in [0.15, 0.2) is 0 Å². The molecule has 6 nitrogen and oxygen atoms in total. The average molecular weight is 270 g/mol. The zero-order chi connectivity index (χ0) is 14.3. The maximum Gasteiger partial charge on any atom is 0.321 e. The minimum absolute atomic E-state index is 0.0256. The zero-order valence-corrected chi connectivity index (χ0v) is 12.2. The van der Waals surface area contributed by atoms with Crippen LogP contribution in [0.2, 0.25) is 0 Å². The fourth-order valence-corrected chi connectivity index (χ4v) is 2.29. The lowest BCUT2D eigenvalue weighted by molar-refractivity contribution is -0.121. The molecule has 19 heavy (non-hydrogen) atoms. The van der Waals surface area contributed by atoms with Crippen LogP contribution < -0.4 is 16.0 Å². The second-order valence-electron chi connectivity index (χ2n) is 5.24. The van der Waals surface area contributed by atoms with Crippen LogP contribution in [0.5, 0.6) is 0 Å². The topological polar surface area (TPSA) is 73.5 Å². The quantitative estimate of drug-likeness (QED) is 0.671. The van der Waals surface area contributed by atoms with Gasteiger partial charge >= 0.3 is 6.03 Å². The van der Waals surface area contributed by atoms with Crippen molar-refractivity contribution in [1.29, 1.82) is 0 Å². The first-order valence-electron chi connectivity index (χ1n) is 7.08. The van der Waals surface area contributed by atoms with Gasteiger partial charge in [-0.05, 0) is 39.8 Å². The summed E-state index contributed by atoms with van der Waals surface area (Å²) in [5.41, 5.74) is 0. The Hall–Kier alpha value is -1.14. The minimum Gasteiger partial charge on any atom is -0.336 e. The number of amides is 3. The Kier molecular flexibility index (Phi) is 6.80. The molecule has 1 heterocycles. The second kappa shape index (κ2) is 8.12. The van der Waals surface area contributed by atoms with Gasteiger partial charge in [0.2, 0.25) is 5.91 Å². The van der Waals surface area contributed by atoms with Gasteiger partial charge in [0.1, 0.15) is 0 Å². The van der Waals surface area contributed by atoms with Crippen LogP contribution in [0.15, 0.2) is 0 Å². The summed E-state index contributed by atoms with van der Waals surface area (Å²) >= 11 is 0. The van der Waals surface area contributed by atoms with E-state index in [1.54, 1.807) is 0 Å². The van der Waals surface area contributed by atoms with Gasteiger partial charge < -0.3 is 10.6 Å². The van der Waals surface area contributed by atoms with Crippen molar-refractivity contribution in [3.8, 4) is 0 Å². The van der Waals surface area contributed by atoms with Crippen LogP contribution in [0.4, 0.5) is 4.79 Å². The summed E-state index contributed by atoms with van der Waals surface area (Å²) in [7, 11) is 0. The Morgan fingerprint density at radius 1 is 1.42 bits per heavy atom. The van der Waals surface area contributed by atoms with Gasteiger partial charge in [0.25, 0.3) is 0 Å². The first kappa shape index (κ1) is 15.9. The standard InChI is InChI=1S/C13H26N4O2/c1-4-17(11-6-5-7-14-8-11)9-12(18)16-13(19)15-10(2)3/h10-11,14H,4-9H2,1-3H3,(H2,15,16,18,19). The number of urea groups is 1. The number of hydrogen-bond donors (Lipinski definition) is 3. The highest BCUT2D eigenvalue weighted by Crippen LogP contribution is 2.09. The zero-order valence-electron chi connectivity index (χ0n) is 12.2. The van der Waals surface area contributed by atoms with E-state index in [0.717, 1.165) is 32.5 Å². The molecule has 3 N–H and O–H groups in total. The first-order chi connectivity index (χ1) is 9.02. The van der Waals surface area contributed by atoms with Crippen LogP contribution in [0.1, 0.15) is 33.6 Å². The molecule has 1 atom stereocenters. The Morgan fingerprint density at radius 3 is 2.68 bits per heavy atom. The second-order valence-corrected chi connectivity index (χ2v) is 5.24. The molecule has 1 unspecified atom stereocenters. The third-order valence-corrected chi connectivity index (χ3v) is 3.21. The molecule has 0 aliphatic carbocycles. The highest BCUT2D eigenvalue weighted by Gasteiger charge is 2.22. The monoisotopic (exact) mass is 270 g/mol. The van der Waals surface area contributed by atoms with Crippen molar-refractivity contribution in [2.75, 3.05) is 26.2 Å². The number of nitrogens with one attached hydrogen (secondary N) is 3. The van der Waals surface area contributed by atoms with Crippen molar-refractivity contribution in [1.82, 2.24) is 20.9 Å². The van der Waals surface area contributed by atoms with Crippen molar-refractivity contribution in [3.05, 3.63) is 0 Å². The van der Waals surface area contributed by atoms with E-state index in [9.17, 15) is 9.59 Å². The van der Waals surface area contributed by atoms with Crippen molar-refractivity contribution in [3.63, 3.8) is 0 Å². The number of carbonyl (C=O) groups excluding carboxylic acids is 2. The predicted octanol–water partition coefficient (Wildman–Crippen LogP) is 0.295. The molecule has 3 amide bonds. The van der Waals surface area contributed by atoms with Crippen LogP contribution in [0.25, 0.3) is 0 Å². The van der Waals surface area contributed by atoms with Crippen LogP contribution >= 0.6 is 0 Å². The number of piperidine rings is 1. The molecule has 0 spiro atoms. The molecular formula is C13H26N4O2. The van der Waals surface area contributed by atoms with E-state index in [2.05, 4.69) is 20.9 Å². The number of nitrogens with zero attached hydrogens (tertiary/aromatic N) is 1. The van der Waals surface area contributed by atoms with Crippen LogP contribution in [0, 0.1) is 0 Å². The van der Waals surface area contributed by atoms with Crippen LogP contribution in [-0.2, 0) is 4.79 Å². The molecular weight excluding hydrogens is 244 g/mol. The first-order valence-corrected chi connectivity index (χ1v) is 7.08. The van der Waals surface area contributed by atoms with Crippen molar-refractivity contribution >= 4 is 11.9 Å². The molecule has 0 aromatic carbocycles. The van der Waals surface area contributed by atoms with Gasteiger partial charge in [-0.2, -0.15) is 0 Å². The van der Waals surface area contributed by atoms with Crippen LogP contribution in [0.3, 0.4) is 0 Å². The molecule has 1 fully saturated rings. The Morgan fingerprint density at radius 2 is 2.16 bits per heavy atom. The molecule has 0 saturated carbocycles. The molecule has 0 bridgehead atoms. The number of likely N-dealkylation sites (N-methyl/N-ethyl adjacent to an activating group) is 1. The SMILES string of the molecule is CCN(CC(=O)NC(=O)NC(C)C)C1CCCNC1. The van der Waals surface area contributed by atoms with Gasteiger partial charge in [-0.3, -0.25) is 15.0 Å². The maximum atomic E-state index is 11.8. The Labute approximate surface area is 115 Å². The van der Waals surface area contributed by atoms with Crippen LogP contribution in [-0.4, -0.2) is 55.1 Å². The fraction of sp³-hybridized carbons (Fsp3) is 0.846. The molecule has 6 heteroatoms. The Bertz CT molecular complexity index is 301. The molecule has 0 aromatic heterocycles. The number of carbonyl (C=O) groups is 2. The molecule has 1 rings (SSSR count). The lowest BCUT2D eigenvalue weighted by atomic mass is 10.1. The van der Waals surface area contributed by atoms with E-state index in [4.69, 9.17) is 0 Å². The van der Waals surface area contributed by atoms with E-state index >= 15 is 0 Å². The van der Waals surface area contributed by atoms with Crippen molar-refractivity contribution < 1.29 is 9.59 Å². The van der Waals surface area contributed by atoms with E-state index < -0.39 is 6.03 Å². The summed E-state index contributed by atoms with van der Waals surface area (Å²) in [6, 6.07) is -0.00638. The third kappa shape index (κ3) is 6.02. The number of hydrogen-bond acceptors (Lipinski definition) is 4. The molecule has 0 aromatic rings. The van der Waals surface area contributed by atoms with Crippen molar-refractivity contribution in [2.45, 2.75) is 45.7 Å². The molecule has 0 radical (unpaired) electrons. The summed E-state index contributed by atoms with van der Waals surface area (Å²) in [5.74, 6) is -0.245. The van der Waals surface area contributed by atoms with Gasteiger partial charge in [-0.15, -0.1) is 0 Å². The fourth-order valence-electron chi connectivity index (χ4n) is 2.29. The minimum atomic E-state index is -0.419. The van der Waals surface area contributed by atoms with Gasteiger partial charge in [-0.25, -0.2) is 4.79 Å². The lowest BCUT2D eigenvalue weighted by Crippen LogP contribution is -2.51. The number of imide groups is 1. The number of rotatable bonds is 5. The third-order valence-electron chi connectivity index (χ3n) is 3.21. The lowest BCUT2D eigenvalue weighted by Gasteiger charge is -2.33. The van der Waals surface area contributed by atoms with E-state index in [0.29, 0.717) is 6.04 Å². The summed E-state index contributed by atoms with van der Waals surface area (Å²) in [6.45, 7) is 8.80. The molecule has 110 valence electrons. The molecule has 1 aliphatic rings. The Balaban J connectivity index is 2.37. The smallest absolute Gasteiger partial charge is 0.321 e. The summed E-state index contributed by atoms with van der Waals surface area (Å²) in [4.78, 5) is 25.4. The summed E-state index contributed by atoms with van der Waals surface area (Å²) < 4.78 is 0. The predicted molar refractivity (Wildman–Crippen MR) is 74.9 cm³/mol. The van der Waals surface area contributed by atoms with E-state index in [1.807, 2.05) is 20.8 Å². The average Bonchev–Trinajstić information content (AvgIpc) is 2.35. The largest absolute Gasteiger partial charge is 0.336 e. The van der Waals surface area contributed by atoms with E-state index in [1.165, 1.54) is 0 Å². The van der Waals surface area contributed by atoms with Gasteiger partial charge in [-0.1, -0.05) is 6.92 Å². The highest BCUT2D eigenvalue weighted by molar-refractivity contribution is 5.95. The normalized spacial score (nSPS) is 19.5. The van der Waals surface area contributed by atoms with E-state index in [-0.39, 0.29) is 18.5 Å². The van der Waals surface area contributed by atoms with Gasteiger partial charge in [0.05, 0.1) is 6.54 Å². The van der Waals surface area contributed by atoms with Gasteiger partial charge in [0, 0.05) is 18.6 Å². The maximum absolute atomic E-state index is 11.8. The summed E-state index contributed by atoms with van der Waals surface area (Å²) in [5, 5.41) is 8.34. The van der Waals surface area contributed by atoms with Crippen molar-refractivity contribution in [2.24, 2.45) is 0 Å².